The summed E-state index contributed by atoms with van der Waals surface area (Å²) in [7, 11) is 1.86. The summed E-state index contributed by atoms with van der Waals surface area (Å²) in [5, 5.41) is 8.86. The van der Waals surface area contributed by atoms with E-state index in [9.17, 15) is 9.59 Å². The number of nitrogens with one attached hydrogen (secondary N) is 1. The molecule has 0 saturated carbocycles. The molecule has 3 rings (SSSR count). The molecule has 0 fully saturated rings. The number of aromatic nitrogens is 2. The van der Waals surface area contributed by atoms with E-state index >= 15 is 0 Å². The lowest BCUT2D eigenvalue weighted by atomic mass is 10.1. The fourth-order valence-electron chi connectivity index (χ4n) is 2.70. The molecule has 1 aromatic carbocycles. The van der Waals surface area contributed by atoms with Crippen molar-refractivity contribution in [2.24, 2.45) is 7.05 Å². The minimum Gasteiger partial charge on any atom is -0.332 e. The Kier molecular flexibility index (Phi) is 5.71. The van der Waals surface area contributed by atoms with E-state index < -0.39 is 0 Å². The molecule has 0 spiro atoms. The number of amides is 2. The van der Waals surface area contributed by atoms with Gasteiger partial charge in [-0.25, -0.2) is 0 Å². The summed E-state index contributed by atoms with van der Waals surface area (Å²) >= 11 is 1.39. The Balaban J connectivity index is 1.70. The number of carbonyl (C=O) groups is 2. The average Bonchev–Trinajstić information content (AvgIpc) is 3.31. The van der Waals surface area contributed by atoms with Gasteiger partial charge in [-0.15, -0.1) is 11.3 Å². The summed E-state index contributed by atoms with van der Waals surface area (Å²) in [6.07, 6.45) is 3.68. The van der Waals surface area contributed by atoms with Gasteiger partial charge in [-0.1, -0.05) is 6.07 Å². The Morgan fingerprint density at radius 2 is 1.96 bits per heavy atom. The Morgan fingerprint density at radius 3 is 2.52 bits per heavy atom. The second-order valence-electron chi connectivity index (χ2n) is 6.56. The molecule has 1 N–H and O–H groups in total. The Bertz CT molecular complexity index is 914. The maximum Gasteiger partial charge on any atom is 0.265 e. The van der Waals surface area contributed by atoms with Crippen LogP contribution in [0.3, 0.4) is 0 Å². The van der Waals surface area contributed by atoms with Crippen LogP contribution in [-0.2, 0) is 13.6 Å². The molecule has 0 unspecified atom stereocenters. The normalized spacial score (nSPS) is 10.8. The molecule has 0 atom stereocenters. The van der Waals surface area contributed by atoms with Gasteiger partial charge in [-0.3, -0.25) is 14.3 Å². The fraction of sp³-hybridized carbons (Fsp3) is 0.250. The van der Waals surface area contributed by atoms with Gasteiger partial charge >= 0.3 is 0 Å². The lowest BCUT2D eigenvalue weighted by Gasteiger charge is -2.26. The number of carbonyl (C=O) groups excluding carboxylic acids is 2. The molecule has 7 heteroatoms. The van der Waals surface area contributed by atoms with Crippen LogP contribution in [0.15, 0.2) is 54.2 Å². The van der Waals surface area contributed by atoms with Crippen LogP contribution in [0.25, 0.3) is 0 Å². The first kappa shape index (κ1) is 18.8. The van der Waals surface area contributed by atoms with Crippen molar-refractivity contribution in [1.82, 2.24) is 14.7 Å². The first-order chi connectivity index (χ1) is 12.9. The molecule has 0 aliphatic rings. The van der Waals surface area contributed by atoms with Crippen LogP contribution in [0.5, 0.6) is 0 Å². The molecule has 3 aromatic rings. The topological polar surface area (TPSA) is 67.2 Å². The number of aryl methyl sites for hydroxylation is 1. The van der Waals surface area contributed by atoms with Crippen molar-refractivity contribution in [3.63, 3.8) is 0 Å². The molecule has 27 heavy (non-hydrogen) atoms. The zero-order valence-electron chi connectivity index (χ0n) is 15.5. The molecule has 0 bridgehead atoms. The number of thiophene rings is 1. The number of hydrogen-bond donors (Lipinski definition) is 1. The molecule has 6 nitrogen and oxygen atoms in total. The highest BCUT2D eigenvalue weighted by atomic mass is 32.1. The van der Waals surface area contributed by atoms with Crippen LogP contribution in [0, 0.1) is 0 Å². The third-order valence-corrected chi connectivity index (χ3v) is 5.00. The molecule has 2 heterocycles. The van der Waals surface area contributed by atoms with Gasteiger partial charge in [0, 0.05) is 42.6 Å². The molecule has 0 radical (unpaired) electrons. The molecular weight excluding hydrogens is 360 g/mol. The molecule has 2 amide bonds. The van der Waals surface area contributed by atoms with Crippen molar-refractivity contribution in [2.45, 2.75) is 26.4 Å². The number of rotatable bonds is 6. The maximum atomic E-state index is 12.9. The highest BCUT2D eigenvalue weighted by Crippen LogP contribution is 2.17. The highest BCUT2D eigenvalue weighted by molar-refractivity contribution is 7.12. The predicted molar refractivity (Wildman–Crippen MR) is 107 cm³/mol. The lowest BCUT2D eigenvalue weighted by molar-refractivity contribution is 0.0690. The van der Waals surface area contributed by atoms with Gasteiger partial charge in [-0.2, -0.15) is 5.10 Å². The van der Waals surface area contributed by atoms with E-state index in [4.69, 9.17) is 0 Å². The van der Waals surface area contributed by atoms with Crippen LogP contribution in [-0.4, -0.2) is 32.5 Å². The van der Waals surface area contributed by atoms with Crippen molar-refractivity contribution >= 4 is 28.8 Å². The van der Waals surface area contributed by atoms with E-state index in [1.165, 1.54) is 11.3 Å². The molecule has 0 aliphatic carbocycles. The zero-order valence-corrected chi connectivity index (χ0v) is 16.4. The second-order valence-corrected chi connectivity index (χ2v) is 7.51. The molecule has 2 aromatic heterocycles. The van der Waals surface area contributed by atoms with Crippen molar-refractivity contribution in [3.8, 4) is 0 Å². The van der Waals surface area contributed by atoms with Gasteiger partial charge in [-0.05, 0) is 49.6 Å². The summed E-state index contributed by atoms with van der Waals surface area (Å²) < 4.78 is 1.73. The minimum atomic E-state index is -0.149. The fourth-order valence-corrected chi connectivity index (χ4v) is 3.32. The van der Waals surface area contributed by atoms with Crippen molar-refractivity contribution < 1.29 is 9.59 Å². The Hall–Kier alpha value is -2.93. The van der Waals surface area contributed by atoms with Gasteiger partial charge in [0.1, 0.15) is 0 Å². The van der Waals surface area contributed by atoms with Crippen LogP contribution in [0.4, 0.5) is 5.69 Å². The molecule has 0 aliphatic heterocycles. The molecule has 0 saturated heterocycles. The third kappa shape index (κ3) is 4.62. The van der Waals surface area contributed by atoms with Crippen molar-refractivity contribution in [2.75, 3.05) is 5.32 Å². The van der Waals surface area contributed by atoms with Gasteiger partial charge in [0.25, 0.3) is 11.8 Å². The predicted octanol–water partition coefficient (Wildman–Crippen LogP) is 3.78. The van der Waals surface area contributed by atoms with Gasteiger partial charge in [0.15, 0.2) is 0 Å². The number of anilines is 1. The maximum absolute atomic E-state index is 12.9. The SMILES string of the molecule is CC(C)N(Cc1cnn(C)c1)C(=O)c1ccc(NC(=O)c2cccs2)cc1. The van der Waals surface area contributed by atoms with Crippen molar-refractivity contribution in [3.05, 3.63) is 70.2 Å². The van der Waals surface area contributed by atoms with Crippen LogP contribution >= 0.6 is 11.3 Å². The second kappa shape index (κ2) is 8.18. The van der Waals surface area contributed by atoms with E-state index in [1.807, 2.05) is 38.5 Å². The Labute approximate surface area is 162 Å². The summed E-state index contributed by atoms with van der Waals surface area (Å²) in [5.41, 5.74) is 2.23. The Morgan fingerprint density at radius 1 is 1.22 bits per heavy atom. The van der Waals surface area contributed by atoms with Crippen molar-refractivity contribution in [1.29, 1.82) is 0 Å². The van der Waals surface area contributed by atoms with Gasteiger partial charge in [0.05, 0.1) is 11.1 Å². The number of nitrogens with zero attached hydrogens (tertiary/aromatic N) is 3. The summed E-state index contributed by atoms with van der Waals surface area (Å²) in [5.74, 6) is -0.200. The van der Waals surface area contributed by atoms with E-state index in [1.54, 1.807) is 46.1 Å². The smallest absolute Gasteiger partial charge is 0.265 e. The number of hydrogen-bond acceptors (Lipinski definition) is 4. The average molecular weight is 382 g/mol. The largest absolute Gasteiger partial charge is 0.332 e. The zero-order chi connectivity index (χ0) is 19.4. The minimum absolute atomic E-state index is 0.0509. The molecule has 140 valence electrons. The summed E-state index contributed by atoms with van der Waals surface area (Å²) in [6.45, 7) is 4.48. The van der Waals surface area contributed by atoms with E-state index in [0.29, 0.717) is 22.7 Å². The highest BCUT2D eigenvalue weighted by Gasteiger charge is 2.20. The monoisotopic (exact) mass is 382 g/mol. The standard InChI is InChI=1S/C20H22N4O2S/c1-14(2)24(13-15-11-21-23(3)12-15)20(26)16-6-8-17(9-7-16)22-19(25)18-5-4-10-27-18/h4-12,14H,13H2,1-3H3,(H,22,25). The van der Waals surface area contributed by atoms with E-state index in [2.05, 4.69) is 10.4 Å². The summed E-state index contributed by atoms with van der Waals surface area (Å²) in [4.78, 5) is 27.5. The quantitative estimate of drug-likeness (QED) is 0.705. The first-order valence-corrected chi connectivity index (χ1v) is 9.55. The van der Waals surface area contributed by atoms with Crippen LogP contribution < -0.4 is 5.32 Å². The van der Waals surface area contributed by atoms with E-state index in [-0.39, 0.29) is 17.9 Å². The molecular formula is C20H22N4O2S. The van der Waals surface area contributed by atoms with Gasteiger partial charge in [0.2, 0.25) is 0 Å². The van der Waals surface area contributed by atoms with Crippen LogP contribution in [0.1, 0.15) is 39.4 Å². The summed E-state index contributed by atoms with van der Waals surface area (Å²) in [6, 6.07) is 10.6. The number of benzene rings is 1. The third-order valence-electron chi connectivity index (χ3n) is 4.13. The first-order valence-electron chi connectivity index (χ1n) is 8.67. The van der Waals surface area contributed by atoms with E-state index in [0.717, 1.165) is 5.56 Å². The van der Waals surface area contributed by atoms with Gasteiger partial charge < -0.3 is 10.2 Å². The van der Waals surface area contributed by atoms with Crippen LogP contribution in [0.2, 0.25) is 0 Å². The lowest BCUT2D eigenvalue weighted by Crippen LogP contribution is -2.36.